The van der Waals surface area contributed by atoms with Crippen LogP contribution in [0.5, 0.6) is 5.75 Å². The highest BCUT2D eigenvalue weighted by Gasteiger charge is 2.15. The molecule has 1 saturated heterocycles. The molecule has 1 fully saturated rings. The summed E-state index contributed by atoms with van der Waals surface area (Å²) in [5.41, 5.74) is 0.691. The van der Waals surface area contributed by atoms with Crippen molar-refractivity contribution < 1.29 is 9.53 Å². The molecule has 0 N–H and O–H groups in total. The fraction of sp³-hybridized carbons (Fsp3) is 0.588. The van der Waals surface area contributed by atoms with Gasteiger partial charge in [-0.1, -0.05) is 6.92 Å². The normalized spacial score (nSPS) is 19.8. The van der Waals surface area contributed by atoms with Crippen molar-refractivity contribution in [2.45, 2.75) is 32.6 Å². The molecule has 1 aliphatic rings. The molecule has 1 aromatic rings. The maximum absolute atomic E-state index is 10.5. The number of aldehydes is 1. The lowest BCUT2D eigenvalue weighted by atomic mass is 10.0. The second-order valence-electron chi connectivity index (χ2n) is 5.79. The first-order valence-corrected chi connectivity index (χ1v) is 7.68. The van der Waals surface area contributed by atoms with Crippen molar-refractivity contribution in [3.8, 4) is 5.75 Å². The predicted molar refractivity (Wildman–Crippen MR) is 81.4 cm³/mol. The molecule has 0 unspecified atom stereocenters. The Hall–Kier alpha value is -1.35. The van der Waals surface area contributed by atoms with Gasteiger partial charge in [-0.25, -0.2) is 0 Å². The molecule has 110 valence electrons. The monoisotopic (exact) mass is 275 g/mol. The minimum atomic E-state index is 0.691. The molecule has 0 bridgehead atoms. The van der Waals surface area contributed by atoms with E-state index in [-0.39, 0.29) is 0 Å². The van der Waals surface area contributed by atoms with Crippen LogP contribution in [0.2, 0.25) is 0 Å². The van der Waals surface area contributed by atoms with Crippen LogP contribution in [0, 0.1) is 5.92 Å². The van der Waals surface area contributed by atoms with Gasteiger partial charge in [0.2, 0.25) is 0 Å². The Morgan fingerprint density at radius 2 is 2.10 bits per heavy atom. The Balaban J connectivity index is 1.57. The highest BCUT2D eigenvalue weighted by atomic mass is 16.5. The van der Waals surface area contributed by atoms with Gasteiger partial charge in [-0.3, -0.25) is 4.79 Å². The first-order chi connectivity index (χ1) is 9.78. The van der Waals surface area contributed by atoms with E-state index in [0.717, 1.165) is 31.0 Å². The second kappa shape index (κ2) is 8.05. The summed E-state index contributed by atoms with van der Waals surface area (Å²) in [4.78, 5) is 13.1. The van der Waals surface area contributed by atoms with Gasteiger partial charge < -0.3 is 9.64 Å². The van der Waals surface area contributed by atoms with Gasteiger partial charge >= 0.3 is 0 Å². The van der Waals surface area contributed by atoms with Crippen molar-refractivity contribution in [1.29, 1.82) is 0 Å². The molecule has 3 nitrogen and oxygen atoms in total. The fourth-order valence-corrected chi connectivity index (χ4v) is 2.76. The lowest BCUT2D eigenvalue weighted by Gasteiger charge is -2.30. The number of carbonyl (C=O) groups is 1. The van der Waals surface area contributed by atoms with Crippen molar-refractivity contribution in [3.63, 3.8) is 0 Å². The number of hydrogen-bond donors (Lipinski definition) is 0. The van der Waals surface area contributed by atoms with Gasteiger partial charge in [-0.15, -0.1) is 0 Å². The minimum Gasteiger partial charge on any atom is -0.494 e. The molecule has 0 amide bonds. The summed E-state index contributed by atoms with van der Waals surface area (Å²) in [6, 6.07) is 7.29. The molecule has 0 aromatic heterocycles. The lowest BCUT2D eigenvalue weighted by Crippen LogP contribution is -2.35. The van der Waals surface area contributed by atoms with E-state index in [2.05, 4.69) is 11.8 Å². The highest BCUT2D eigenvalue weighted by Crippen LogP contribution is 2.16. The van der Waals surface area contributed by atoms with E-state index in [4.69, 9.17) is 4.74 Å². The standard InChI is InChI=1S/C17H25NO2/c1-15-5-4-11-18(13-15)10-2-3-12-20-17-8-6-16(14-19)7-9-17/h6-9,14-15H,2-5,10-13H2,1H3/t15-/m1/s1. The SMILES string of the molecule is C[C@@H]1CCCN(CCCCOc2ccc(C=O)cc2)C1. The molecular formula is C17H25NO2. The minimum absolute atomic E-state index is 0.691. The number of piperidine rings is 1. The van der Waals surface area contributed by atoms with Crippen molar-refractivity contribution in [1.82, 2.24) is 4.90 Å². The first-order valence-electron chi connectivity index (χ1n) is 7.68. The van der Waals surface area contributed by atoms with Gasteiger partial charge in [0.25, 0.3) is 0 Å². The molecular weight excluding hydrogens is 250 g/mol. The molecule has 0 spiro atoms. The Morgan fingerprint density at radius 3 is 2.80 bits per heavy atom. The summed E-state index contributed by atoms with van der Waals surface area (Å²) >= 11 is 0. The average Bonchev–Trinajstić information content (AvgIpc) is 2.48. The Morgan fingerprint density at radius 1 is 1.30 bits per heavy atom. The summed E-state index contributed by atoms with van der Waals surface area (Å²) in [6.45, 7) is 6.81. The quantitative estimate of drug-likeness (QED) is 0.564. The van der Waals surface area contributed by atoms with Crippen LogP contribution in [0.1, 0.15) is 43.0 Å². The third-order valence-corrected chi connectivity index (χ3v) is 3.89. The number of carbonyl (C=O) groups excluding carboxylic acids is 1. The molecule has 1 aromatic carbocycles. The highest BCUT2D eigenvalue weighted by molar-refractivity contribution is 5.74. The zero-order valence-electron chi connectivity index (χ0n) is 12.4. The van der Waals surface area contributed by atoms with Crippen molar-refractivity contribution in [2.75, 3.05) is 26.2 Å². The van der Waals surface area contributed by atoms with Crippen LogP contribution in [0.15, 0.2) is 24.3 Å². The maximum atomic E-state index is 10.5. The summed E-state index contributed by atoms with van der Waals surface area (Å²) in [5.74, 6) is 1.71. The van der Waals surface area contributed by atoms with Gasteiger partial charge in [-0.2, -0.15) is 0 Å². The first kappa shape index (κ1) is 15.0. The molecule has 3 heteroatoms. The van der Waals surface area contributed by atoms with Crippen LogP contribution in [0.4, 0.5) is 0 Å². The van der Waals surface area contributed by atoms with Gasteiger partial charge in [0, 0.05) is 12.1 Å². The number of rotatable bonds is 7. The molecule has 0 aliphatic carbocycles. The topological polar surface area (TPSA) is 29.5 Å². The average molecular weight is 275 g/mol. The number of ether oxygens (including phenoxy) is 1. The van der Waals surface area contributed by atoms with E-state index in [1.165, 1.54) is 38.9 Å². The number of nitrogens with zero attached hydrogens (tertiary/aromatic N) is 1. The van der Waals surface area contributed by atoms with E-state index >= 15 is 0 Å². The van der Waals surface area contributed by atoms with Crippen LogP contribution >= 0.6 is 0 Å². The van der Waals surface area contributed by atoms with Crippen LogP contribution in [0.25, 0.3) is 0 Å². The number of likely N-dealkylation sites (tertiary alicyclic amines) is 1. The molecule has 1 atom stereocenters. The van der Waals surface area contributed by atoms with E-state index in [1.54, 1.807) is 12.1 Å². The van der Waals surface area contributed by atoms with E-state index in [9.17, 15) is 4.79 Å². The van der Waals surface area contributed by atoms with E-state index < -0.39 is 0 Å². The lowest BCUT2D eigenvalue weighted by molar-refractivity contribution is 0.112. The largest absolute Gasteiger partial charge is 0.494 e. The second-order valence-corrected chi connectivity index (χ2v) is 5.79. The molecule has 20 heavy (non-hydrogen) atoms. The zero-order chi connectivity index (χ0) is 14.2. The Kier molecular flexibility index (Phi) is 6.06. The maximum Gasteiger partial charge on any atom is 0.150 e. The summed E-state index contributed by atoms with van der Waals surface area (Å²) in [7, 11) is 0. The number of hydrogen-bond acceptors (Lipinski definition) is 3. The van der Waals surface area contributed by atoms with Crippen LogP contribution in [0.3, 0.4) is 0 Å². The van der Waals surface area contributed by atoms with Crippen molar-refractivity contribution in [2.24, 2.45) is 5.92 Å². The van der Waals surface area contributed by atoms with Crippen LogP contribution in [-0.4, -0.2) is 37.4 Å². The smallest absolute Gasteiger partial charge is 0.150 e. The van der Waals surface area contributed by atoms with E-state index in [1.807, 2.05) is 12.1 Å². The number of benzene rings is 1. The van der Waals surface area contributed by atoms with Gasteiger partial charge in [0.1, 0.15) is 12.0 Å². The summed E-state index contributed by atoms with van der Waals surface area (Å²) in [5, 5.41) is 0. The van der Waals surface area contributed by atoms with Crippen LogP contribution in [-0.2, 0) is 0 Å². The molecule has 0 saturated carbocycles. The van der Waals surface area contributed by atoms with Gasteiger partial charge in [0.15, 0.2) is 0 Å². The van der Waals surface area contributed by atoms with Crippen molar-refractivity contribution in [3.05, 3.63) is 29.8 Å². The fourth-order valence-electron chi connectivity index (χ4n) is 2.76. The summed E-state index contributed by atoms with van der Waals surface area (Å²) in [6.07, 6.45) is 5.86. The Bertz CT molecular complexity index is 402. The molecule has 0 radical (unpaired) electrons. The molecule has 1 aliphatic heterocycles. The van der Waals surface area contributed by atoms with Crippen molar-refractivity contribution >= 4 is 6.29 Å². The number of unbranched alkanes of at least 4 members (excludes halogenated alkanes) is 1. The third kappa shape index (κ3) is 4.97. The molecule has 2 rings (SSSR count). The van der Waals surface area contributed by atoms with Crippen LogP contribution < -0.4 is 4.74 Å². The van der Waals surface area contributed by atoms with Gasteiger partial charge in [0.05, 0.1) is 6.61 Å². The third-order valence-electron chi connectivity index (χ3n) is 3.89. The Labute approximate surface area is 121 Å². The predicted octanol–water partition coefficient (Wildman–Crippen LogP) is 3.39. The summed E-state index contributed by atoms with van der Waals surface area (Å²) < 4.78 is 5.68. The molecule has 1 heterocycles. The zero-order valence-corrected chi connectivity index (χ0v) is 12.4. The van der Waals surface area contributed by atoms with Gasteiger partial charge in [-0.05, 0) is 69.0 Å². The van der Waals surface area contributed by atoms with E-state index in [0.29, 0.717) is 5.56 Å².